The van der Waals surface area contributed by atoms with Gasteiger partial charge in [-0.05, 0) is 30.5 Å². The molecule has 0 radical (unpaired) electrons. The van der Waals surface area contributed by atoms with E-state index in [1.165, 1.54) is 12.1 Å². The van der Waals surface area contributed by atoms with Gasteiger partial charge in [0.05, 0.1) is 18.9 Å². The predicted octanol–water partition coefficient (Wildman–Crippen LogP) is 1.79. The third kappa shape index (κ3) is 3.65. The van der Waals surface area contributed by atoms with Gasteiger partial charge in [0.1, 0.15) is 5.82 Å². The van der Waals surface area contributed by atoms with Crippen LogP contribution in [0.1, 0.15) is 34.9 Å². The van der Waals surface area contributed by atoms with Gasteiger partial charge < -0.3 is 10.6 Å². The van der Waals surface area contributed by atoms with E-state index in [4.69, 9.17) is 5.73 Å². The summed E-state index contributed by atoms with van der Waals surface area (Å²) >= 11 is 0. The number of rotatable bonds is 5. The number of hydrogen-bond donors (Lipinski definition) is 2. The molecule has 9 heteroatoms. The minimum absolute atomic E-state index is 0.114. The standard InChI is InChI=1S/C19H22FN7O/c20-15-3-1-2-14(10-15)16-11-22-24-18(16)13-4-7-26(8-5-13)19(28)17-12-27(9-6-21)25-23-17/h1-3,10-13H,4-9,21H2,(H,22,24). The number of aromatic nitrogens is 5. The highest BCUT2D eigenvalue weighted by Gasteiger charge is 2.28. The Labute approximate surface area is 161 Å². The molecule has 146 valence electrons. The quantitative estimate of drug-likeness (QED) is 0.699. The van der Waals surface area contributed by atoms with Gasteiger partial charge in [0.2, 0.25) is 0 Å². The lowest BCUT2D eigenvalue weighted by molar-refractivity contribution is 0.0706. The Kier molecular flexibility index (Phi) is 5.16. The molecule has 1 saturated heterocycles. The zero-order chi connectivity index (χ0) is 19.5. The number of nitrogens with one attached hydrogen (secondary N) is 1. The van der Waals surface area contributed by atoms with E-state index in [0.717, 1.165) is 29.7 Å². The van der Waals surface area contributed by atoms with E-state index in [2.05, 4.69) is 20.5 Å². The molecular weight excluding hydrogens is 361 g/mol. The largest absolute Gasteiger partial charge is 0.337 e. The number of benzene rings is 1. The van der Waals surface area contributed by atoms with Crippen molar-refractivity contribution in [2.24, 2.45) is 5.73 Å². The van der Waals surface area contributed by atoms with Gasteiger partial charge in [0.15, 0.2) is 5.69 Å². The Morgan fingerprint density at radius 1 is 1.32 bits per heavy atom. The molecule has 4 rings (SSSR count). The van der Waals surface area contributed by atoms with E-state index < -0.39 is 0 Å². The van der Waals surface area contributed by atoms with Crippen molar-refractivity contribution in [3.8, 4) is 11.1 Å². The van der Waals surface area contributed by atoms with Gasteiger partial charge in [0, 0.05) is 36.8 Å². The molecule has 0 saturated carbocycles. The number of aromatic amines is 1. The molecule has 1 fully saturated rings. The van der Waals surface area contributed by atoms with E-state index in [1.54, 1.807) is 28.0 Å². The van der Waals surface area contributed by atoms with Crippen LogP contribution in [0.4, 0.5) is 4.39 Å². The number of piperidine rings is 1. The molecule has 3 aromatic rings. The summed E-state index contributed by atoms with van der Waals surface area (Å²) in [4.78, 5) is 14.5. The van der Waals surface area contributed by atoms with Crippen molar-refractivity contribution in [1.82, 2.24) is 30.1 Å². The van der Waals surface area contributed by atoms with Crippen LogP contribution in [0.5, 0.6) is 0 Å². The van der Waals surface area contributed by atoms with E-state index in [-0.39, 0.29) is 17.6 Å². The SMILES string of the molecule is NCCn1cc(C(=O)N2CCC(c3[nH]ncc3-c3cccc(F)c3)CC2)nn1. The second-order valence-electron chi connectivity index (χ2n) is 6.93. The average molecular weight is 383 g/mol. The van der Waals surface area contributed by atoms with Crippen LogP contribution in [-0.2, 0) is 6.54 Å². The minimum Gasteiger partial charge on any atom is -0.337 e. The molecule has 1 amide bonds. The molecule has 8 nitrogen and oxygen atoms in total. The number of nitrogens with zero attached hydrogens (tertiary/aromatic N) is 5. The number of H-pyrrole nitrogens is 1. The van der Waals surface area contributed by atoms with Gasteiger partial charge in [-0.25, -0.2) is 4.39 Å². The fourth-order valence-corrected chi connectivity index (χ4v) is 3.66. The van der Waals surface area contributed by atoms with Crippen molar-refractivity contribution in [2.45, 2.75) is 25.3 Å². The minimum atomic E-state index is -0.271. The number of amides is 1. The van der Waals surface area contributed by atoms with Crippen molar-refractivity contribution in [3.05, 3.63) is 53.9 Å². The molecule has 1 aliphatic rings. The number of hydrogen-bond acceptors (Lipinski definition) is 5. The summed E-state index contributed by atoms with van der Waals surface area (Å²) in [5.41, 5.74) is 8.55. The van der Waals surface area contributed by atoms with Crippen LogP contribution in [0.2, 0.25) is 0 Å². The van der Waals surface area contributed by atoms with Crippen molar-refractivity contribution in [3.63, 3.8) is 0 Å². The molecule has 2 aromatic heterocycles. The van der Waals surface area contributed by atoms with Gasteiger partial charge >= 0.3 is 0 Å². The lowest BCUT2D eigenvalue weighted by Crippen LogP contribution is -2.38. The van der Waals surface area contributed by atoms with Gasteiger partial charge in [-0.15, -0.1) is 5.10 Å². The summed E-state index contributed by atoms with van der Waals surface area (Å²) < 4.78 is 15.2. The average Bonchev–Trinajstić information content (AvgIpc) is 3.38. The summed E-state index contributed by atoms with van der Waals surface area (Å²) in [5.74, 6) is -0.151. The number of carbonyl (C=O) groups excluding carboxylic acids is 1. The molecule has 0 aliphatic carbocycles. The van der Waals surface area contributed by atoms with Crippen LogP contribution in [0.15, 0.2) is 36.7 Å². The Bertz CT molecular complexity index is 959. The van der Waals surface area contributed by atoms with Crippen LogP contribution >= 0.6 is 0 Å². The Morgan fingerprint density at radius 2 is 2.14 bits per heavy atom. The van der Waals surface area contributed by atoms with E-state index in [0.29, 0.717) is 31.9 Å². The fourth-order valence-electron chi connectivity index (χ4n) is 3.66. The van der Waals surface area contributed by atoms with Crippen molar-refractivity contribution < 1.29 is 9.18 Å². The third-order valence-corrected chi connectivity index (χ3v) is 5.11. The second kappa shape index (κ2) is 7.89. The second-order valence-corrected chi connectivity index (χ2v) is 6.93. The van der Waals surface area contributed by atoms with Crippen LogP contribution in [0.3, 0.4) is 0 Å². The molecule has 1 aromatic carbocycles. The molecule has 0 atom stereocenters. The zero-order valence-electron chi connectivity index (χ0n) is 15.4. The van der Waals surface area contributed by atoms with Gasteiger partial charge in [0.25, 0.3) is 5.91 Å². The summed E-state index contributed by atoms with van der Waals surface area (Å²) in [6.07, 6.45) is 4.97. The summed E-state index contributed by atoms with van der Waals surface area (Å²) in [7, 11) is 0. The van der Waals surface area contributed by atoms with Gasteiger partial charge in [-0.1, -0.05) is 17.3 Å². The first-order valence-corrected chi connectivity index (χ1v) is 9.34. The fraction of sp³-hybridized carbons (Fsp3) is 0.368. The maximum Gasteiger partial charge on any atom is 0.276 e. The molecule has 1 aliphatic heterocycles. The molecule has 0 unspecified atom stereocenters. The Morgan fingerprint density at radius 3 is 2.89 bits per heavy atom. The van der Waals surface area contributed by atoms with Crippen molar-refractivity contribution in [2.75, 3.05) is 19.6 Å². The molecule has 3 N–H and O–H groups in total. The van der Waals surface area contributed by atoms with Crippen LogP contribution in [-0.4, -0.2) is 55.6 Å². The van der Waals surface area contributed by atoms with E-state index in [1.807, 2.05) is 6.07 Å². The lowest BCUT2D eigenvalue weighted by Gasteiger charge is -2.31. The molecule has 3 heterocycles. The first-order chi connectivity index (χ1) is 13.7. The molecule has 0 bridgehead atoms. The van der Waals surface area contributed by atoms with Crippen molar-refractivity contribution >= 4 is 5.91 Å². The smallest absolute Gasteiger partial charge is 0.276 e. The highest BCUT2D eigenvalue weighted by molar-refractivity contribution is 5.92. The number of carbonyl (C=O) groups is 1. The predicted molar refractivity (Wildman–Crippen MR) is 101 cm³/mol. The third-order valence-electron chi connectivity index (χ3n) is 5.11. The summed E-state index contributed by atoms with van der Waals surface area (Å²) in [6.45, 7) is 2.22. The molecule has 0 spiro atoms. The number of halogens is 1. The van der Waals surface area contributed by atoms with Crippen LogP contribution in [0.25, 0.3) is 11.1 Å². The zero-order valence-corrected chi connectivity index (χ0v) is 15.4. The highest BCUT2D eigenvalue weighted by Crippen LogP contribution is 2.34. The van der Waals surface area contributed by atoms with Gasteiger partial charge in [-0.2, -0.15) is 5.10 Å². The first kappa shape index (κ1) is 18.3. The number of likely N-dealkylation sites (tertiary alicyclic amines) is 1. The summed E-state index contributed by atoms with van der Waals surface area (Å²) in [5, 5.41) is 15.1. The maximum atomic E-state index is 13.6. The normalized spacial score (nSPS) is 15.1. The number of nitrogens with two attached hydrogens (primary N) is 1. The Hall–Kier alpha value is -3.07. The van der Waals surface area contributed by atoms with E-state index >= 15 is 0 Å². The van der Waals surface area contributed by atoms with Crippen LogP contribution in [0, 0.1) is 5.82 Å². The van der Waals surface area contributed by atoms with Crippen LogP contribution < -0.4 is 5.73 Å². The topological polar surface area (TPSA) is 106 Å². The molecule has 28 heavy (non-hydrogen) atoms. The first-order valence-electron chi connectivity index (χ1n) is 9.34. The van der Waals surface area contributed by atoms with E-state index in [9.17, 15) is 9.18 Å². The monoisotopic (exact) mass is 383 g/mol. The lowest BCUT2D eigenvalue weighted by atomic mass is 9.89. The highest BCUT2D eigenvalue weighted by atomic mass is 19.1. The molecular formula is C19H22FN7O. The summed E-state index contributed by atoms with van der Waals surface area (Å²) in [6, 6.07) is 6.51. The maximum absolute atomic E-state index is 13.6. The van der Waals surface area contributed by atoms with Gasteiger partial charge in [-0.3, -0.25) is 14.6 Å². The van der Waals surface area contributed by atoms with Crippen molar-refractivity contribution in [1.29, 1.82) is 0 Å². The Balaban J connectivity index is 1.43.